The fourth-order valence-electron chi connectivity index (χ4n) is 3.47. The zero-order valence-corrected chi connectivity index (χ0v) is 13.0. The third-order valence-electron chi connectivity index (χ3n) is 4.59. The minimum atomic E-state index is -2.28. The van der Waals surface area contributed by atoms with Crippen LogP contribution in [0.2, 0.25) is 0 Å². The SMILES string of the molecule is CN1CCCc2c(C#CC3CCCN3CC(F)F)cccc21. The van der Waals surface area contributed by atoms with Crippen LogP contribution in [0.25, 0.3) is 0 Å². The van der Waals surface area contributed by atoms with Gasteiger partial charge >= 0.3 is 0 Å². The van der Waals surface area contributed by atoms with Crippen molar-refractivity contribution in [2.75, 3.05) is 31.6 Å². The van der Waals surface area contributed by atoms with E-state index in [1.165, 1.54) is 11.3 Å². The lowest BCUT2D eigenvalue weighted by Crippen LogP contribution is -2.32. The Bertz CT molecular complexity index is 588. The Morgan fingerprint density at radius 2 is 2.14 bits per heavy atom. The lowest BCUT2D eigenvalue weighted by Gasteiger charge is -2.28. The first-order valence-corrected chi connectivity index (χ1v) is 8.02. The highest BCUT2D eigenvalue weighted by molar-refractivity contribution is 5.61. The van der Waals surface area contributed by atoms with Gasteiger partial charge in [-0.1, -0.05) is 17.9 Å². The topological polar surface area (TPSA) is 6.48 Å². The van der Waals surface area contributed by atoms with Crippen LogP contribution >= 0.6 is 0 Å². The van der Waals surface area contributed by atoms with Crippen LogP contribution in [0.1, 0.15) is 30.4 Å². The summed E-state index contributed by atoms with van der Waals surface area (Å²) in [4.78, 5) is 4.09. The van der Waals surface area contributed by atoms with Gasteiger partial charge in [0.05, 0.1) is 12.6 Å². The predicted molar refractivity (Wildman–Crippen MR) is 85.5 cm³/mol. The summed E-state index contributed by atoms with van der Waals surface area (Å²) in [7, 11) is 2.11. The van der Waals surface area contributed by atoms with Gasteiger partial charge in [0.15, 0.2) is 0 Å². The third kappa shape index (κ3) is 3.25. The number of fused-ring (bicyclic) bond motifs is 1. The second-order valence-electron chi connectivity index (χ2n) is 6.14. The maximum Gasteiger partial charge on any atom is 0.251 e. The van der Waals surface area contributed by atoms with Crippen molar-refractivity contribution in [2.24, 2.45) is 0 Å². The minimum absolute atomic E-state index is 0.0221. The molecule has 118 valence electrons. The number of rotatable bonds is 2. The van der Waals surface area contributed by atoms with Crippen molar-refractivity contribution in [3.05, 3.63) is 29.3 Å². The molecule has 3 rings (SSSR count). The second-order valence-corrected chi connectivity index (χ2v) is 6.14. The molecule has 1 atom stereocenters. The fourth-order valence-corrected chi connectivity index (χ4v) is 3.47. The number of benzene rings is 1. The predicted octanol–water partition coefficient (Wildman–Crippen LogP) is 3.15. The number of likely N-dealkylation sites (tertiary alicyclic amines) is 1. The number of halogens is 2. The molecule has 22 heavy (non-hydrogen) atoms. The average molecular weight is 304 g/mol. The molecule has 1 fully saturated rings. The maximum absolute atomic E-state index is 12.6. The van der Waals surface area contributed by atoms with Crippen LogP contribution < -0.4 is 4.90 Å². The summed E-state index contributed by atoms with van der Waals surface area (Å²) < 4.78 is 25.2. The molecule has 0 aromatic heterocycles. The number of nitrogens with zero attached hydrogens (tertiary/aromatic N) is 2. The van der Waals surface area contributed by atoms with Gasteiger partial charge in [0.1, 0.15) is 0 Å². The smallest absolute Gasteiger partial charge is 0.251 e. The molecule has 2 heterocycles. The van der Waals surface area contributed by atoms with Crippen LogP contribution in [0.15, 0.2) is 18.2 Å². The van der Waals surface area contributed by atoms with Gasteiger partial charge in [-0.3, -0.25) is 4.90 Å². The van der Waals surface area contributed by atoms with Gasteiger partial charge < -0.3 is 4.90 Å². The van der Waals surface area contributed by atoms with Crippen LogP contribution in [0.4, 0.5) is 14.5 Å². The van der Waals surface area contributed by atoms with E-state index in [0.29, 0.717) is 0 Å². The summed E-state index contributed by atoms with van der Waals surface area (Å²) in [6, 6.07) is 6.21. The van der Waals surface area contributed by atoms with Crippen molar-refractivity contribution in [3.8, 4) is 11.8 Å². The molecule has 2 aliphatic heterocycles. The lowest BCUT2D eigenvalue weighted by atomic mass is 9.96. The summed E-state index contributed by atoms with van der Waals surface area (Å²) >= 11 is 0. The molecule has 1 unspecified atom stereocenters. The van der Waals surface area contributed by atoms with E-state index in [1.807, 2.05) is 11.0 Å². The average Bonchev–Trinajstić information content (AvgIpc) is 2.92. The third-order valence-corrected chi connectivity index (χ3v) is 4.59. The van der Waals surface area contributed by atoms with Gasteiger partial charge in [-0.05, 0) is 49.9 Å². The summed E-state index contributed by atoms with van der Waals surface area (Å²) in [6.45, 7) is 1.66. The van der Waals surface area contributed by atoms with Gasteiger partial charge in [0.25, 0.3) is 6.43 Å². The van der Waals surface area contributed by atoms with E-state index < -0.39 is 6.43 Å². The first kappa shape index (κ1) is 15.3. The molecule has 1 aromatic carbocycles. The number of alkyl halides is 2. The molecule has 1 saturated heterocycles. The molecule has 0 saturated carbocycles. The zero-order chi connectivity index (χ0) is 15.5. The summed E-state index contributed by atoms with van der Waals surface area (Å²) in [5, 5.41) is 0. The molecule has 2 aliphatic rings. The number of hydrogen-bond acceptors (Lipinski definition) is 2. The van der Waals surface area contributed by atoms with Gasteiger partial charge in [0.2, 0.25) is 0 Å². The van der Waals surface area contributed by atoms with Crippen LogP contribution in [0, 0.1) is 11.8 Å². The Morgan fingerprint density at radius 3 is 2.95 bits per heavy atom. The highest BCUT2D eigenvalue weighted by Crippen LogP contribution is 2.28. The Labute approximate surface area is 131 Å². The molecular formula is C18H22F2N2. The van der Waals surface area contributed by atoms with Gasteiger partial charge in [-0.25, -0.2) is 8.78 Å². The molecular weight excluding hydrogens is 282 g/mol. The quantitative estimate of drug-likeness (QED) is 0.775. The first-order chi connectivity index (χ1) is 10.6. The van der Waals surface area contributed by atoms with E-state index in [9.17, 15) is 8.78 Å². The van der Waals surface area contributed by atoms with Crippen molar-refractivity contribution in [2.45, 2.75) is 38.2 Å². The van der Waals surface area contributed by atoms with Crippen molar-refractivity contribution in [3.63, 3.8) is 0 Å². The van der Waals surface area contributed by atoms with E-state index in [0.717, 1.165) is 44.3 Å². The lowest BCUT2D eigenvalue weighted by molar-refractivity contribution is 0.0913. The van der Waals surface area contributed by atoms with Gasteiger partial charge in [0, 0.05) is 24.8 Å². The molecule has 0 spiro atoms. The Kier molecular flexibility index (Phi) is 4.63. The summed E-state index contributed by atoms with van der Waals surface area (Å²) in [5.74, 6) is 6.52. The monoisotopic (exact) mass is 304 g/mol. The molecule has 4 heteroatoms. The summed E-state index contributed by atoms with van der Waals surface area (Å²) in [6.07, 6.45) is 1.77. The molecule has 0 amide bonds. The fraction of sp³-hybridized carbons (Fsp3) is 0.556. The first-order valence-electron chi connectivity index (χ1n) is 8.02. The molecule has 0 aliphatic carbocycles. The Morgan fingerprint density at radius 1 is 1.27 bits per heavy atom. The van der Waals surface area contributed by atoms with Crippen LogP contribution in [-0.2, 0) is 6.42 Å². The van der Waals surface area contributed by atoms with Crippen LogP contribution in [-0.4, -0.2) is 44.0 Å². The molecule has 0 radical (unpaired) electrons. The minimum Gasteiger partial charge on any atom is -0.374 e. The van der Waals surface area contributed by atoms with Crippen molar-refractivity contribution in [1.82, 2.24) is 4.90 Å². The van der Waals surface area contributed by atoms with Crippen LogP contribution in [0.5, 0.6) is 0 Å². The van der Waals surface area contributed by atoms with E-state index in [1.54, 1.807) is 0 Å². The van der Waals surface area contributed by atoms with E-state index in [4.69, 9.17) is 0 Å². The Hall–Kier alpha value is -1.60. The number of hydrogen-bond donors (Lipinski definition) is 0. The number of anilines is 1. The van der Waals surface area contributed by atoms with E-state index >= 15 is 0 Å². The van der Waals surface area contributed by atoms with Crippen molar-refractivity contribution in [1.29, 1.82) is 0 Å². The second kappa shape index (κ2) is 6.66. The highest BCUT2D eigenvalue weighted by Gasteiger charge is 2.25. The largest absolute Gasteiger partial charge is 0.374 e. The molecule has 0 N–H and O–H groups in total. The normalized spacial score (nSPS) is 21.6. The standard InChI is InChI=1S/C18H22F2N2/c1-21-11-4-7-16-14(5-2-8-17(16)21)9-10-15-6-3-12-22(15)13-18(19)20/h2,5,8,15,18H,3-4,6-7,11-13H2,1H3. The van der Waals surface area contributed by atoms with E-state index in [-0.39, 0.29) is 12.6 Å². The molecule has 0 bridgehead atoms. The Balaban J connectivity index is 1.81. The van der Waals surface area contributed by atoms with Crippen LogP contribution in [0.3, 0.4) is 0 Å². The van der Waals surface area contributed by atoms with Gasteiger partial charge in [-0.15, -0.1) is 0 Å². The molecule has 1 aromatic rings. The highest BCUT2D eigenvalue weighted by atomic mass is 19.3. The summed E-state index contributed by atoms with van der Waals surface area (Å²) in [5.41, 5.74) is 3.63. The van der Waals surface area contributed by atoms with Crippen molar-refractivity contribution >= 4 is 5.69 Å². The maximum atomic E-state index is 12.6. The zero-order valence-electron chi connectivity index (χ0n) is 13.0. The molecule has 2 nitrogen and oxygen atoms in total. The van der Waals surface area contributed by atoms with E-state index in [2.05, 4.69) is 35.9 Å². The van der Waals surface area contributed by atoms with Gasteiger partial charge in [-0.2, -0.15) is 0 Å². The van der Waals surface area contributed by atoms with Crippen molar-refractivity contribution < 1.29 is 8.78 Å².